The molecule has 0 aromatic heterocycles. The second kappa shape index (κ2) is 5.13. The summed E-state index contributed by atoms with van der Waals surface area (Å²) in [4.78, 5) is 3.64. The predicted octanol–water partition coefficient (Wildman–Crippen LogP) is 0.609. The number of hydrogen-bond donors (Lipinski definition) is 1. The van der Waals surface area contributed by atoms with Crippen molar-refractivity contribution in [1.82, 2.24) is 5.09 Å². The minimum atomic E-state index is -3.28. The Balaban J connectivity index is 4.30. The Morgan fingerprint density at radius 2 is 1.83 bits per heavy atom. The first kappa shape index (κ1) is 11.4. The molecule has 0 fully saturated rings. The lowest BCUT2D eigenvalue weighted by molar-refractivity contribution is 0.265. The standard InChI is InChI=1S/C5H13N2O4P/c1-6-5(9-2)7-12(8,10-3)11-4/h1-4H3,(H,6,7,8). The molecule has 0 radical (unpaired) electrons. The first-order chi connectivity index (χ1) is 5.61. The molecule has 0 aliphatic rings. The second-order valence-electron chi connectivity index (χ2n) is 1.71. The van der Waals surface area contributed by atoms with Crippen LogP contribution in [0.4, 0.5) is 0 Å². The summed E-state index contributed by atoms with van der Waals surface area (Å²) in [6.45, 7) is 0. The zero-order chi connectivity index (χ0) is 9.61. The molecule has 7 heteroatoms. The zero-order valence-corrected chi connectivity index (χ0v) is 8.42. The third-order valence-corrected chi connectivity index (χ3v) is 2.54. The maximum absolute atomic E-state index is 11.4. The maximum atomic E-state index is 11.4. The van der Waals surface area contributed by atoms with Crippen LogP contribution in [0.15, 0.2) is 4.99 Å². The molecule has 0 spiro atoms. The van der Waals surface area contributed by atoms with Gasteiger partial charge in [0.15, 0.2) is 0 Å². The van der Waals surface area contributed by atoms with Crippen LogP contribution in [0.5, 0.6) is 0 Å². The van der Waals surface area contributed by atoms with Crippen molar-refractivity contribution in [3.8, 4) is 0 Å². The van der Waals surface area contributed by atoms with Crippen LogP contribution in [-0.4, -0.2) is 34.4 Å². The Labute approximate surface area is 71.5 Å². The van der Waals surface area contributed by atoms with Crippen LogP contribution >= 0.6 is 7.75 Å². The molecule has 0 aromatic carbocycles. The van der Waals surface area contributed by atoms with Gasteiger partial charge in [-0.1, -0.05) is 0 Å². The van der Waals surface area contributed by atoms with Crippen LogP contribution in [0.25, 0.3) is 0 Å². The molecule has 0 atom stereocenters. The number of aliphatic imine (C=N–C) groups is 1. The van der Waals surface area contributed by atoms with Crippen LogP contribution < -0.4 is 5.09 Å². The molecular formula is C5H13N2O4P. The number of ether oxygens (including phenoxy) is 1. The fourth-order valence-corrected chi connectivity index (χ4v) is 1.23. The van der Waals surface area contributed by atoms with Crippen molar-refractivity contribution in [2.45, 2.75) is 0 Å². The highest BCUT2D eigenvalue weighted by Gasteiger charge is 2.22. The summed E-state index contributed by atoms with van der Waals surface area (Å²) in [6, 6.07) is 0.0991. The third-order valence-electron chi connectivity index (χ3n) is 1.11. The average Bonchev–Trinajstić information content (AvgIpc) is 2.14. The van der Waals surface area contributed by atoms with E-state index in [0.29, 0.717) is 0 Å². The predicted molar refractivity (Wildman–Crippen MR) is 45.1 cm³/mol. The monoisotopic (exact) mass is 196 g/mol. The smallest absolute Gasteiger partial charge is 0.435 e. The van der Waals surface area contributed by atoms with E-state index in [0.717, 1.165) is 0 Å². The third kappa shape index (κ3) is 3.21. The number of nitrogens with zero attached hydrogens (tertiary/aromatic N) is 1. The summed E-state index contributed by atoms with van der Waals surface area (Å²) in [5, 5.41) is 2.37. The molecule has 6 nitrogen and oxygen atoms in total. The minimum Gasteiger partial charge on any atom is -0.468 e. The van der Waals surface area contributed by atoms with E-state index in [1.807, 2.05) is 0 Å². The van der Waals surface area contributed by atoms with E-state index in [2.05, 4.69) is 19.1 Å². The summed E-state index contributed by atoms with van der Waals surface area (Å²) in [5.74, 6) is 0. The fourth-order valence-electron chi connectivity index (χ4n) is 0.470. The van der Waals surface area contributed by atoms with Gasteiger partial charge in [-0.15, -0.1) is 0 Å². The van der Waals surface area contributed by atoms with Gasteiger partial charge in [0.25, 0.3) is 6.02 Å². The number of nitrogens with one attached hydrogen (secondary N) is 1. The molecule has 0 bridgehead atoms. The van der Waals surface area contributed by atoms with Crippen molar-refractivity contribution in [3.05, 3.63) is 0 Å². The maximum Gasteiger partial charge on any atom is 0.435 e. The molecule has 0 rings (SSSR count). The molecule has 0 heterocycles. The van der Waals surface area contributed by atoms with Gasteiger partial charge in [-0.05, 0) is 0 Å². The molecule has 0 aliphatic carbocycles. The van der Waals surface area contributed by atoms with Gasteiger partial charge in [0.05, 0.1) is 7.11 Å². The van der Waals surface area contributed by atoms with Gasteiger partial charge in [0.1, 0.15) is 0 Å². The lowest BCUT2D eigenvalue weighted by atomic mass is 11.1. The molecule has 0 saturated carbocycles. The quantitative estimate of drug-likeness (QED) is 0.407. The first-order valence-corrected chi connectivity index (χ1v) is 4.66. The molecule has 0 amide bonds. The lowest BCUT2D eigenvalue weighted by Gasteiger charge is -2.15. The Hall–Kier alpha value is -0.580. The molecule has 1 N–H and O–H groups in total. The van der Waals surface area contributed by atoms with Gasteiger partial charge in [-0.3, -0.25) is 9.05 Å². The van der Waals surface area contributed by atoms with E-state index in [1.54, 1.807) is 0 Å². The van der Waals surface area contributed by atoms with Gasteiger partial charge in [-0.2, -0.15) is 0 Å². The lowest BCUT2D eigenvalue weighted by Crippen LogP contribution is -2.23. The molecule has 0 unspecified atom stereocenters. The normalized spacial score (nSPS) is 12.8. The number of amidine groups is 1. The molecule has 72 valence electrons. The Kier molecular flexibility index (Phi) is 4.89. The largest absolute Gasteiger partial charge is 0.468 e. The van der Waals surface area contributed by atoms with E-state index in [9.17, 15) is 4.57 Å². The SMILES string of the molecule is CN=C(NP(=O)(OC)OC)OC. The van der Waals surface area contributed by atoms with Gasteiger partial charge >= 0.3 is 7.75 Å². The van der Waals surface area contributed by atoms with Gasteiger partial charge in [0.2, 0.25) is 0 Å². The van der Waals surface area contributed by atoms with E-state index in [4.69, 9.17) is 4.74 Å². The van der Waals surface area contributed by atoms with E-state index in [-0.39, 0.29) is 6.02 Å². The Morgan fingerprint density at radius 1 is 1.33 bits per heavy atom. The molecule has 12 heavy (non-hydrogen) atoms. The van der Waals surface area contributed by atoms with Gasteiger partial charge in [-0.25, -0.2) is 14.6 Å². The summed E-state index contributed by atoms with van der Waals surface area (Å²) >= 11 is 0. The highest BCUT2D eigenvalue weighted by atomic mass is 31.2. The number of rotatable bonds is 3. The summed E-state index contributed by atoms with van der Waals surface area (Å²) in [7, 11) is 2.13. The summed E-state index contributed by atoms with van der Waals surface area (Å²) in [6.07, 6.45) is 0. The summed E-state index contributed by atoms with van der Waals surface area (Å²) < 4.78 is 25.2. The van der Waals surface area contributed by atoms with Crippen molar-refractivity contribution in [3.63, 3.8) is 0 Å². The topological polar surface area (TPSA) is 69.2 Å². The van der Waals surface area contributed by atoms with Crippen molar-refractivity contribution in [2.75, 3.05) is 28.4 Å². The molecule has 0 saturated heterocycles. The van der Waals surface area contributed by atoms with Crippen LogP contribution in [-0.2, 0) is 18.3 Å². The van der Waals surface area contributed by atoms with Crippen LogP contribution in [0.3, 0.4) is 0 Å². The van der Waals surface area contributed by atoms with Crippen molar-refractivity contribution in [1.29, 1.82) is 0 Å². The zero-order valence-electron chi connectivity index (χ0n) is 7.53. The van der Waals surface area contributed by atoms with Crippen LogP contribution in [0.2, 0.25) is 0 Å². The van der Waals surface area contributed by atoms with E-state index >= 15 is 0 Å². The Morgan fingerprint density at radius 3 is 2.08 bits per heavy atom. The minimum absolute atomic E-state index is 0.0991. The highest BCUT2D eigenvalue weighted by molar-refractivity contribution is 7.52. The van der Waals surface area contributed by atoms with Crippen LogP contribution in [0, 0.1) is 0 Å². The van der Waals surface area contributed by atoms with Gasteiger partial charge in [0, 0.05) is 21.3 Å². The van der Waals surface area contributed by atoms with Crippen molar-refractivity contribution in [2.24, 2.45) is 4.99 Å². The number of hydrogen-bond acceptors (Lipinski definition) is 5. The van der Waals surface area contributed by atoms with Crippen molar-refractivity contribution >= 4 is 13.8 Å². The molecule has 0 aromatic rings. The molecule has 0 aliphatic heterocycles. The molecular weight excluding hydrogens is 183 g/mol. The van der Waals surface area contributed by atoms with Gasteiger partial charge < -0.3 is 4.74 Å². The van der Waals surface area contributed by atoms with Crippen LogP contribution in [0.1, 0.15) is 0 Å². The fraction of sp³-hybridized carbons (Fsp3) is 0.800. The van der Waals surface area contributed by atoms with Crippen molar-refractivity contribution < 1.29 is 18.3 Å². The average molecular weight is 196 g/mol. The second-order valence-corrected chi connectivity index (χ2v) is 3.66. The highest BCUT2D eigenvalue weighted by Crippen LogP contribution is 2.41. The number of methoxy groups -OCH3 is 1. The first-order valence-electron chi connectivity index (χ1n) is 3.12. The van der Waals surface area contributed by atoms with E-state index in [1.165, 1.54) is 28.4 Å². The van der Waals surface area contributed by atoms with E-state index < -0.39 is 7.75 Å². The Bertz CT molecular complexity index is 198. The summed E-state index contributed by atoms with van der Waals surface area (Å²) in [5.41, 5.74) is 0.